The Morgan fingerprint density at radius 2 is 2.21 bits per heavy atom. The maximum atomic E-state index is 12.7. The van der Waals surface area contributed by atoms with E-state index in [1.165, 1.54) is 12.8 Å². The summed E-state index contributed by atoms with van der Waals surface area (Å²) in [6, 6.07) is 0. The van der Waals surface area contributed by atoms with E-state index in [9.17, 15) is 9.90 Å². The maximum Gasteiger partial charge on any atom is 0.225 e. The fourth-order valence-electron chi connectivity index (χ4n) is 4.22. The van der Waals surface area contributed by atoms with Crippen LogP contribution in [0.15, 0.2) is 12.4 Å². The van der Waals surface area contributed by atoms with Gasteiger partial charge < -0.3 is 15.7 Å². The van der Waals surface area contributed by atoms with Crippen molar-refractivity contribution in [1.82, 2.24) is 20.4 Å². The summed E-state index contributed by atoms with van der Waals surface area (Å²) < 4.78 is 1.79. The number of aromatic nitrogens is 2. The Hall–Kier alpha value is -1.11. The quantitative estimate of drug-likeness (QED) is 0.715. The number of carbonyl (C=O) groups is 1. The first kappa shape index (κ1) is 19.2. The minimum Gasteiger partial charge on any atom is -0.396 e. The van der Waals surface area contributed by atoms with Crippen LogP contribution in [0, 0.1) is 11.3 Å². The molecule has 1 aliphatic heterocycles. The monoisotopic (exact) mass is 356 g/mol. The molecule has 136 valence electrons. The number of halogens is 1. The van der Waals surface area contributed by atoms with Crippen LogP contribution in [0.3, 0.4) is 0 Å². The highest BCUT2D eigenvalue weighted by Crippen LogP contribution is 2.40. The number of hydrogen-bond acceptors (Lipinski definition) is 4. The van der Waals surface area contributed by atoms with Crippen LogP contribution in [-0.4, -0.2) is 47.0 Å². The molecule has 0 bridgehead atoms. The number of aryl methyl sites for hydroxylation is 1. The largest absolute Gasteiger partial charge is 0.396 e. The third-order valence-electron chi connectivity index (χ3n) is 5.65. The van der Waals surface area contributed by atoms with Gasteiger partial charge in [-0.25, -0.2) is 0 Å². The van der Waals surface area contributed by atoms with Gasteiger partial charge >= 0.3 is 0 Å². The van der Waals surface area contributed by atoms with Crippen molar-refractivity contribution in [3.8, 4) is 0 Å². The van der Waals surface area contributed by atoms with E-state index in [1.807, 2.05) is 19.4 Å². The van der Waals surface area contributed by atoms with Crippen LogP contribution in [0.2, 0.25) is 0 Å². The van der Waals surface area contributed by atoms with Gasteiger partial charge in [-0.3, -0.25) is 9.48 Å². The average Bonchev–Trinajstić information content (AvgIpc) is 3.25. The van der Waals surface area contributed by atoms with Gasteiger partial charge in [-0.05, 0) is 30.2 Å². The molecule has 1 aromatic heterocycles. The molecule has 3 N–H and O–H groups in total. The zero-order valence-corrected chi connectivity index (χ0v) is 15.1. The van der Waals surface area contributed by atoms with E-state index in [0.717, 1.165) is 37.9 Å². The summed E-state index contributed by atoms with van der Waals surface area (Å²) in [4.78, 5) is 12.7. The number of amides is 1. The molecule has 0 aromatic carbocycles. The Balaban J connectivity index is 0.00000208. The molecule has 0 spiro atoms. The highest BCUT2D eigenvalue weighted by molar-refractivity contribution is 5.85. The Bertz CT molecular complexity index is 542. The van der Waals surface area contributed by atoms with Crippen LogP contribution in [0.1, 0.15) is 43.6 Å². The Morgan fingerprint density at radius 3 is 2.83 bits per heavy atom. The summed E-state index contributed by atoms with van der Waals surface area (Å²) in [5, 5.41) is 20.1. The van der Waals surface area contributed by atoms with Gasteiger partial charge in [-0.2, -0.15) is 5.10 Å². The van der Waals surface area contributed by atoms with Gasteiger partial charge in [0.25, 0.3) is 0 Å². The Morgan fingerprint density at radius 1 is 1.46 bits per heavy atom. The van der Waals surface area contributed by atoms with Crippen LogP contribution in [-0.2, 0) is 11.8 Å². The lowest BCUT2D eigenvalue weighted by Gasteiger charge is -2.29. The zero-order valence-electron chi connectivity index (χ0n) is 14.3. The van der Waals surface area contributed by atoms with Gasteiger partial charge in [0, 0.05) is 45.4 Å². The molecule has 1 saturated heterocycles. The van der Waals surface area contributed by atoms with Crippen LogP contribution < -0.4 is 10.6 Å². The first-order valence-corrected chi connectivity index (χ1v) is 8.71. The predicted molar refractivity (Wildman–Crippen MR) is 95.2 cm³/mol. The van der Waals surface area contributed by atoms with Gasteiger partial charge in [0.05, 0.1) is 12.1 Å². The minimum atomic E-state index is -0.0354. The molecule has 24 heavy (non-hydrogen) atoms. The number of rotatable bonds is 6. The van der Waals surface area contributed by atoms with Gasteiger partial charge in [0.15, 0.2) is 0 Å². The number of nitrogens with zero attached hydrogens (tertiary/aromatic N) is 2. The molecule has 2 aliphatic rings. The molecule has 3 rings (SSSR count). The molecule has 1 aliphatic carbocycles. The lowest BCUT2D eigenvalue weighted by atomic mass is 9.82. The Labute approximate surface area is 149 Å². The summed E-state index contributed by atoms with van der Waals surface area (Å²) in [6.07, 6.45) is 9.30. The summed E-state index contributed by atoms with van der Waals surface area (Å²) in [5.74, 6) is 0.293. The maximum absolute atomic E-state index is 12.7. The van der Waals surface area contributed by atoms with Crippen molar-refractivity contribution in [2.75, 3.05) is 26.2 Å². The van der Waals surface area contributed by atoms with Crippen LogP contribution in [0.4, 0.5) is 0 Å². The molecule has 0 unspecified atom stereocenters. The summed E-state index contributed by atoms with van der Waals surface area (Å²) in [5.41, 5.74) is 1.24. The van der Waals surface area contributed by atoms with E-state index in [-0.39, 0.29) is 42.2 Å². The predicted octanol–water partition coefficient (Wildman–Crippen LogP) is 1.20. The SMILES string of the molecule is Cl.Cn1cc([C@H]2CNC[C@@H]2C(=O)NCC2(CCO)CCCC2)cn1. The molecule has 1 saturated carbocycles. The molecule has 2 atom stereocenters. The zero-order chi connectivity index (χ0) is 16.3. The van der Waals surface area contributed by atoms with Crippen LogP contribution >= 0.6 is 12.4 Å². The first-order valence-electron chi connectivity index (χ1n) is 8.71. The van der Waals surface area contributed by atoms with E-state index in [0.29, 0.717) is 6.54 Å². The Kier molecular flexibility index (Phi) is 6.66. The second kappa shape index (κ2) is 8.32. The van der Waals surface area contributed by atoms with Crippen molar-refractivity contribution < 1.29 is 9.90 Å². The first-order chi connectivity index (χ1) is 11.1. The number of nitrogens with one attached hydrogen (secondary N) is 2. The molecule has 2 heterocycles. The van der Waals surface area contributed by atoms with E-state index >= 15 is 0 Å². The van der Waals surface area contributed by atoms with Crippen molar-refractivity contribution >= 4 is 18.3 Å². The molecular formula is C17H29ClN4O2. The average molecular weight is 357 g/mol. The van der Waals surface area contributed by atoms with E-state index in [1.54, 1.807) is 4.68 Å². The van der Waals surface area contributed by atoms with Crippen molar-refractivity contribution in [2.24, 2.45) is 18.4 Å². The second-order valence-electron chi connectivity index (χ2n) is 7.22. The fourth-order valence-corrected chi connectivity index (χ4v) is 4.22. The normalized spacial score (nSPS) is 25.4. The molecular weight excluding hydrogens is 328 g/mol. The van der Waals surface area contributed by atoms with Crippen LogP contribution in [0.25, 0.3) is 0 Å². The molecule has 6 nitrogen and oxygen atoms in total. The van der Waals surface area contributed by atoms with Crippen molar-refractivity contribution in [3.63, 3.8) is 0 Å². The molecule has 1 amide bonds. The molecule has 7 heteroatoms. The third kappa shape index (κ3) is 4.10. The van der Waals surface area contributed by atoms with Gasteiger partial charge in [0.2, 0.25) is 5.91 Å². The molecule has 0 radical (unpaired) electrons. The molecule has 2 fully saturated rings. The smallest absolute Gasteiger partial charge is 0.225 e. The highest BCUT2D eigenvalue weighted by atomic mass is 35.5. The highest BCUT2D eigenvalue weighted by Gasteiger charge is 2.37. The van der Waals surface area contributed by atoms with Gasteiger partial charge in [0.1, 0.15) is 0 Å². The third-order valence-corrected chi connectivity index (χ3v) is 5.65. The fraction of sp³-hybridized carbons (Fsp3) is 0.765. The number of hydrogen-bond donors (Lipinski definition) is 3. The van der Waals surface area contributed by atoms with Crippen molar-refractivity contribution in [2.45, 2.75) is 38.0 Å². The van der Waals surface area contributed by atoms with Gasteiger partial charge in [-0.1, -0.05) is 12.8 Å². The van der Waals surface area contributed by atoms with Crippen molar-refractivity contribution in [3.05, 3.63) is 18.0 Å². The number of aliphatic hydroxyl groups excluding tert-OH is 1. The number of carbonyl (C=O) groups excluding carboxylic acids is 1. The lowest BCUT2D eigenvalue weighted by Crippen LogP contribution is -2.41. The molecule has 1 aromatic rings. The lowest BCUT2D eigenvalue weighted by molar-refractivity contribution is -0.125. The summed E-state index contributed by atoms with van der Waals surface area (Å²) in [6.45, 7) is 2.45. The van der Waals surface area contributed by atoms with E-state index in [4.69, 9.17) is 0 Å². The topological polar surface area (TPSA) is 79.2 Å². The van der Waals surface area contributed by atoms with Crippen LogP contribution in [0.5, 0.6) is 0 Å². The number of aliphatic hydroxyl groups is 1. The van der Waals surface area contributed by atoms with Gasteiger partial charge in [-0.15, -0.1) is 12.4 Å². The van der Waals surface area contributed by atoms with E-state index < -0.39 is 0 Å². The standard InChI is InChI=1S/C17H28N4O2.ClH/c1-21-11-13(8-20-21)14-9-18-10-15(14)16(23)19-12-17(6-7-22)4-2-3-5-17;/h8,11,14-15,18,22H,2-7,9-10,12H2,1H3,(H,19,23);1H/t14-,15+;/m1./s1. The van der Waals surface area contributed by atoms with E-state index in [2.05, 4.69) is 15.7 Å². The summed E-state index contributed by atoms with van der Waals surface area (Å²) in [7, 11) is 1.90. The van der Waals surface area contributed by atoms with Crippen molar-refractivity contribution in [1.29, 1.82) is 0 Å². The summed E-state index contributed by atoms with van der Waals surface area (Å²) >= 11 is 0. The second-order valence-corrected chi connectivity index (χ2v) is 7.22. The minimum absolute atomic E-state index is 0.